The van der Waals surface area contributed by atoms with Gasteiger partial charge in [0, 0.05) is 6.54 Å². The van der Waals surface area contributed by atoms with Crippen LogP contribution in [-0.4, -0.2) is 31.6 Å². The summed E-state index contributed by atoms with van der Waals surface area (Å²) in [7, 11) is 1.33. The number of hydrogen-bond acceptors (Lipinski definition) is 5. The highest BCUT2D eigenvalue weighted by Gasteiger charge is 2.27. The maximum atomic E-state index is 12.2. The van der Waals surface area contributed by atoms with Crippen LogP contribution in [0.3, 0.4) is 0 Å². The Morgan fingerprint density at radius 2 is 2.16 bits per heavy atom. The Hall–Kier alpha value is -1.40. The van der Waals surface area contributed by atoms with Gasteiger partial charge in [-0.25, -0.2) is 4.79 Å². The first-order valence-corrected chi connectivity index (χ1v) is 7.05. The molecule has 0 aliphatic rings. The van der Waals surface area contributed by atoms with E-state index in [1.807, 2.05) is 19.2 Å². The van der Waals surface area contributed by atoms with E-state index in [0.717, 1.165) is 12.0 Å². The number of esters is 1. The van der Waals surface area contributed by atoms with Crippen molar-refractivity contribution in [2.45, 2.75) is 33.2 Å². The fourth-order valence-electron chi connectivity index (χ4n) is 1.81. The highest BCUT2D eigenvalue weighted by molar-refractivity contribution is 7.12. The van der Waals surface area contributed by atoms with Crippen LogP contribution in [0.5, 0.6) is 0 Å². The van der Waals surface area contributed by atoms with Gasteiger partial charge in [-0.1, -0.05) is 6.92 Å². The van der Waals surface area contributed by atoms with Crippen LogP contribution in [0.25, 0.3) is 0 Å². The van der Waals surface area contributed by atoms with Gasteiger partial charge < -0.3 is 15.4 Å². The summed E-state index contributed by atoms with van der Waals surface area (Å²) >= 11 is 1.28. The zero-order chi connectivity index (χ0) is 14.6. The van der Waals surface area contributed by atoms with E-state index in [4.69, 9.17) is 10.5 Å². The molecular formula is C13H20N2O3S. The molecule has 0 aliphatic heterocycles. The summed E-state index contributed by atoms with van der Waals surface area (Å²) in [5.41, 5.74) is 7.19. The van der Waals surface area contributed by atoms with Crippen LogP contribution in [-0.2, 0) is 9.53 Å². The van der Waals surface area contributed by atoms with Crippen molar-refractivity contribution >= 4 is 28.9 Å². The topological polar surface area (TPSA) is 72.6 Å². The van der Waals surface area contributed by atoms with Crippen molar-refractivity contribution in [1.82, 2.24) is 0 Å². The number of anilines is 1. The third-order valence-electron chi connectivity index (χ3n) is 2.69. The summed E-state index contributed by atoms with van der Waals surface area (Å²) in [5.74, 6) is -0.611. The summed E-state index contributed by atoms with van der Waals surface area (Å²) in [6.07, 6.45) is 0.786. The van der Waals surface area contributed by atoms with E-state index in [1.54, 1.807) is 11.8 Å². The molecule has 1 rings (SSSR count). The SMILES string of the molecule is CCCN(C(=O)C(C)N)c1c(C)csc1C(=O)OC. The minimum absolute atomic E-state index is 0.187. The van der Waals surface area contributed by atoms with Crippen LogP contribution in [0.4, 0.5) is 5.69 Å². The standard InChI is InChI=1S/C13H20N2O3S/c1-5-6-15(12(16)9(3)14)10-8(2)7-19-11(10)13(17)18-4/h7,9H,5-6,14H2,1-4H3. The molecule has 0 radical (unpaired) electrons. The lowest BCUT2D eigenvalue weighted by molar-refractivity contribution is -0.119. The first-order valence-electron chi connectivity index (χ1n) is 6.17. The lowest BCUT2D eigenvalue weighted by atomic mass is 10.2. The fraction of sp³-hybridized carbons (Fsp3) is 0.538. The van der Waals surface area contributed by atoms with E-state index in [0.29, 0.717) is 17.1 Å². The normalized spacial score (nSPS) is 12.1. The zero-order valence-corrected chi connectivity index (χ0v) is 12.5. The summed E-state index contributed by atoms with van der Waals surface area (Å²) in [6.45, 7) is 6.02. The first kappa shape index (κ1) is 15.7. The number of hydrogen-bond donors (Lipinski definition) is 1. The van der Waals surface area contributed by atoms with Crippen LogP contribution < -0.4 is 10.6 Å². The van der Waals surface area contributed by atoms with E-state index >= 15 is 0 Å². The van der Waals surface area contributed by atoms with Gasteiger partial charge in [0.05, 0.1) is 18.8 Å². The maximum absolute atomic E-state index is 12.2. The molecule has 2 N–H and O–H groups in total. The van der Waals surface area contributed by atoms with Gasteiger partial charge in [0.2, 0.25) is 5.91 Å². The Morgan fingerprint density at radius 3 is 2.63 bits per heavy atom. The second kappa shape index (κ2) is 6.68. The molecule has 0 fully saturated rings. The van der Waals surface area contributed by atoms with Gasteiger partial charge in [0.1, 0.15) is 4.88 Å². The van der Waals surface area contributed by atoms with Gasteiger partial charge in [-0.05, 0) is 31.2 Å². The van der Waals surface area contributed by atoms with E-state index < -0.39 is 12.0 Å². The molecule has 1 amide bonds. The number of methoxy groups -OCH3 is 1. The van der Waals surface area contributed by atoms with Crippen LogP contribution in [0, 0.1) is 6.92 Å². The highest BCUT2D eigenvalue weighted by Crippen LogP contribution is 2.32. The molecule has 6 heteroatoms. The number of amides is 1. The maximum Gasteiger partial charge on any atom is 0.350 e. The average molecular weight is 284 g/mol. The molecule has 1 heterocycles. The van der Waals surface area contributed by atoms with Crippen LogP contribution in [0.1, 0.15) is 35.5 Å². The minimum atomic E-state index is -0.601. The van der Waals surface area contributed by atoms with Gasteiger partial charge in [-0.2, -0.15) is 0 Å². The molecule has 0 aromatic carbocycles. The Balaban J connectivity index is 3.26. The van der Waals surface area contributed by atoms with E-state index in [2.05, 4.69) is 0 Å². The number of nitrogens with two attached hydrogens (primary N) is 1. The van der Waals surface area contributed by atoms with E-state index in [9.17, 15) is 9.59 Å². The number of rotatable bonds is 5. The second-order valence-electron chi connectivity index (χ2n) is 4.37. The molecule has 1 atom stereocenters. The molecule has 0 aliphatic carbocycles. The number of aryl methyl sites for hydroxylation is 1. The third kappa shape index (κ3) is 3.33. The number of carbonyl (C=O) groups is 2. The van der Waals surface area contributed by atoms with Crippen molar-refractivity contribution in [2.24, 2.45) is 5.73 Å². The smallest absolute Gasteiger partial charge is 0.350 e. The Morgan fingerprint density at radius 1 is 1.53 bits per heavy atom. The third-order valence-corrected chi connectivity index (χ3v) is 3.75. The molecule has 0 saturated heterocycles. The summed E-state index contributed by atoms with van der Waals surface area (Å²) in [4.78, 5) is 26.0. The number of carbonyl (C=O) groups excluding carboxylic acids is 2. The predicted molar refractivity (Wildman–Crippen MR) is 76.7 cm³/mol. The quantitative estimate of drug-likeness (QED) is 0.839. The van der Waals surface area contributed by atoms with Crippen LogP contribution in [0.2, 0.25) is 0 Å². The average Bonchev–Trinajstić information content (AvgIpc) is 2.76. The number of nitrogens with zero attached hydrogens (tertiary/aromatic N) is 1. The van der Waals surface area contributed by atoms with Crippen molar-refractivity contribution in [2.75, 3.05) is 18.6 Å². The summed E-state index contributed by atoms with van der Waals surface area (Å²) in [5, 5.41) is 1.85. The zero-order valence-electron chi connectivity index (χ0n) is 11.7. The largest absolute Gasteiger partial charge is 0.465 e. The molecule has 0 saturated carbocycles. The Bertz CT molecular complexity index is 468. The van der Waals surface area contributed by atoms with Gasteiger partial charge in [0.25, 0.3) is 0 Å². The molecule has 0 bridgehead atoms. The molecule has 1 unspecified atom stereocenters. The van der Waals surface area contributed by atoms with E-state index in [-0.39, 0.29) is 5.91 Å². The van der Waals surface area contributed by atoms with Crippen molar-refractivity contribution in [3.63, 3.8) is 0 Å². The van der Waals surface area contributed by atoms with Gasteiger partial charge >= 0.3 is 5.97 Å². The molecule has 1 aromatic heterocycles. The molecular weight excluding hydrogens is 264 g/mol. The number of ether oxygens (including phenoxy) is 1. The monoisotopic (exact) mass is 284 g/mol. The molecule has 1 aromatic rings. The molecule has 106 valence electrons. The van der Waals surface area contributed by atoms with E-state index in [1.165, 1.54) is 18.4 Å². The Labute approximate surface area is 117 Å². The summed E-state index contributed by atoms with van der Waals surface area (Å²) < 4.78 is 4.76. The molecule has 19 heavy (non-hydrogen) atoms. The van der Waals surface area contributed by atoms with Crippen molar-refractivity contribution < 1.29 is 14.3 Å². The van der Waals surface area contributed by atoms with Crippen molar-refractivity contribution in [1.29, 1.82) is 0 Å². The lowest BCUT2D eigenvalue weighted by Gasteiger charge is -2.25. The lowest BCUT2D eigenvalue weighted by Crippen LogP contribution is -2.43. The summed E-state index contributed by atoms with van der Waals surface area (Å²) in [6, 6.07) is -0.601. The molecule has 0 spiro atoms. The van der Waals surface area contributed by atoms with Crippen LogP contribution in [0.15, 0.2) is 5.38 Å². The molecule has 5 nitrogen and oxygen atoms in total. The van der Waals surface area contributed by atoms with Gasteiger partial charge in [0.15, 0.2) is 0 Å². The van der Waals surface area contributed by atoms with Crippen molar-refractivity contribution in [3.05, 3.63) is 15.8 Å². The Kier molecular flexibility index (Phi) is 5.50. The van der Waals surface area contributed by atoms with Crippen LogP contribution >= 0.6 is 11.3 Å². The van der Waals surface area contributed by atoms with Crippen molar-refractivity contribution in [3.8, 4) is 0 Å². The number of thiophene rings is 1. The highest BCUT2D eigenvalue weighted by atomic mass is 32.1. The first-order chi connectivity index (χ1) is 8.93. The second-order valence-corrected chi connectivity index (χ2v) is 5.25. The minimum Gasteiger partial charge on any atom is -0.465 e. The predicted octanol–water partition coefficient (Wildman–Crippen LogP) is 1.93. The van der Waals surface area contributed by atoms with Gasteiger partial charge in [-0.3, -0.25) is 4.79 Å². The fourth-order valence-corrected chi connectivity index (χ4v) is 2.78. The van der Waals surface area contributed by atoms with Gasteiger partial charge in [-0.15, -0.1) is 11.3 Å².